The van der Waals surface area contributed by atoms with Crippen LogP contribution in [0.5, 0.6) is 0 Å². The van der Waals surface area contributed by atoms with Gasteiger partial charge in [-0.05, 0) is 30.4 Å². The van der Waals surface area contributed by atoms with E-state index in [1.807, 2.05) is 24.3 Å². The molecular weight excluding hydrogens is 416 g/mol. The van der Waals surface area contributed by atoms with E-state index in [0.717, 1.165) is 11.1 Å². The summed E-state index contributed by atoms with van der Waals surface area (Å²) in [5.41, 5.74) is 7.18. The van der Waals surface area contributed by atoms with Gasteiger partial charge < -0.3 is 21.1 Å². The number of nitrogens with zero attached hydrogens (tertiary/aromatic N) is 2. The molecule has 0 radical (unpaired) electrons. The van der Waals surface area contributed by atoms with Crippen LogP contribution in [0.1, 0.15) is 49.7 Å². The third-order valence-corrected chi connectivity index (χ3v) is 5.87. The molecule has 1 fully saturated rings. The van der Waals surface area contributed by atoms with E-state index in [-0.39, 0.29) is 31.2 Å². The number of hydrogen-bond acceptors (Lipinski definition) is 5. The maximum atomic E-state index is 12.7. The van der Waals surface area contributed by atoms with Crippen LogP contribution in [0.2, 0.25) is 0 Å². The molecule has 1 saturated heterocycles. The zero-order chi connectivity index (χ0) is 23.3. The third kappa shape index (κ3) is 5.43. The second kappa shape index (κ2) is 10.3. The average molecular weight is 444 g/mol. The summed E-state index contributed by atoms with van der Waals surface area (Å²) in [6.45, 7) is 0.724. The monoisotopic (exact) mass is 444 g/mol. The summed E-state index contributed by atoms with van der Waals surface area (Å²) >= 11 is 0. The lowest BCUT2D eigenvalue weighted by Gasteiger charge is -2.28. The van der Waals surface area contributed by atoms with Gasteiger partial charge in [-0.2, -0.15) is 0 Å². The van der Waals surface area contributed by atoms with E-state index in [0.29, 0.717) is 38.8 Å². The Balaban J connectivity index is 1.40. The summed E-state index contributed by atoms with van der Waals surface area (Å²) in [7, 11) is 0. The summed E-state index contributed by atoms with van der Waals surface area (Å²) in [6.07, 6.45) is 2.11. The van der Waals surface area contributed by atoms with Crippen molar-refractivity contribution in [3.05, 3.63) is 35.4 Å². The highest BCUT2D eigenvalue weighted by atomic mass is 16.4. The van der Waals surface area contributed by atoms with Crippen LogP contribution in [0.25, 0.3) is 0 Å². The molecule has 0 saturated carbocycles. The van der Waals surface area contributed by atoms with Gasteiger partial charge in [0.2, 0.25) is 11.8 Å². The number of unbranched alkanes of at least 4 members (excludes halogenated alkanes) is 2. The number of carbonyl (C=O) groups is 5. The van der Waals surface area contributed by atoms with Crippen molar-refractivity contribution in [2.75, 3.05) is 6.54 Å². The lowest BCUT2D eigenvalue weighted by Crippen LogP contribution is -2.41. The SMILES string of the molecule is NC(=O)CC[C@@H](NC(=O)CCCCCN1C(=O)[C@@H]2Cc3ccccc3CN2C1=O)C(=O)O. The summed E-state index contributed by atoms with van der Waals surface area (Å²) in [6, 6.07) is 5.94. The number of urea groups is 1. The molecule has 10 nitrogen and oxygen atoms in total. The fourth-order valence-corrected chi connectivity index (χ4v) is 4.12. The second-order valence-electron chi connectivity index (χ2n) is 8.16. The molecule has 5 amide bonds. The Kier molecular flexibility index (Phi) is 7.45. The van der Waals surface area contributed by atoms with Gasteiger partial charge in [-0.25, -0.2) is 9.59 Å². The highest BCUT2D eigenvalue weighted by molar-refractivity contribution is 6.04. The van der Waals surface area contributed by atoms with Crippen molar-refractivity contribution in [2.45, 2.75) is 63.6 Å². The van der Waals surface area contributed by atoms with Crippen LogP contribution in [0, 0.1) is 0 Å². The van der Waals surface area contributed by atoms with Gasteiger partial charge in [0.1, 0.15) is 12.1 Å². The molecule has 1 aromatic carbocycles. The third-order valence-electron chi connectivity index (χ3n) is 5.87. The number of hydrogen-bond donors (Lipinski definition) is 3. The molecule has 2 atom stereocenters. The van der Waals surface area contributed by atoms with Crippen molar-refractivity contribution in [2.24, 2.45) is 5.73 Å². The summed E-state index contributed by atoms with van der Waals surface area (Å²) < 4.78 is 0. The van der Waals surface area contributed by atoms with Crippen molar-refractivity contribution in [3.8, 4) is 0 Å². The van der Waals surface area contributed by atoms with E-state index < -0.39 is 29.9 Å². The predicted octanol–water partition coefficient (Wildman–Crippen LogP) is 0.771. The van der Waals surface area contributed by atoms with Crippen molar-refractivity contribution in [1.82, 2.24) is 15.1 Å². The maximum Gasteiger partial charge on any atom is 0.327 e. The number of carboxylic acid groups (broad SMARTS) is 1. The van der Waals surface area contributed by atoms with Crippen molar-refractivity contribution in [1.29, 1.82) is 0 Å². The second-order valence-corrected chi connectivity index (χ2v) is 8.16. The first kappa shape index (κ1) is 23.2. The number of amides is 5. The van der Waals surface area contributed by atoms with E-state index in [9.17, 15) is 24.0 Å². The first-order chi connectivity index (χ1) is 15.3. The van der Waals surface area contributed by atoms with Crippen LogP contribution >= 0.6 is 0 Å². The summed E-state index contributed by atoms with van der Waals surface area (Å²) in [5.74, 6) is -2.45. The normalized spacial score (nSPS) is 18.2. The van der Waals surface area contributed by atoms with Crippen LogP contribution in [0.3, 0.4) is 0 Å². The molecule has 3 rings (SSSR count). The number of nitrogens with two attached hydrogens (primary N) is 1. The number of nitrogens with one attached hydrogen (secondary N) is 1. The molecule has 2 aliphatic heterocycles. The maximum absolute atomic E-state index is 12.7. The molecule has 4 N–H and O–H groups in total. The van der Waals surface area contributed by atoms with Crippen molar-refractivity contribution in [3.63, 3.8) is 0 Å². The zero-order valence-electron chi connectivity index (χ0n) is 17.8. The number of benzene rings is 1. The molecular formula is C22H28N4O6. The minimum atomic E-state index is -1.22. The van der Waals surface area contributed by atoms with Gasteiger partial charge in [-0.1, -0.05) is 30.7 Å². The minimum absolute atomic E-state index is 0.0584. The predicted molar refractivity (Wildman–Crippen MR) is 113 cm³/mol. The number of carbonyl (C=O) groups excluding carboxylic acids is 4. The molecule has 172 valence electrons. The van der Waals surface area contributed by atoms with Crippen molar-refractivity contribution < 1.29 is 29.1 Å². The zero-order valence-corrected chi connectivity index (χ0v) is 17.8. The molecule has 0 bridgehead atoms. The van der Waals surface area contributed by atoms with Crippen LogP contribution in [-0.4, -0.2) is 63.3 Å². The first-order valence-electron chi connectivity index (χ1n) is 10.8. The largest absolute Gasteiger partial charge is 0.480 e. The van der Waals surface area contributed by atoms with Crippen LogP contribution < -0.4 is 11.1 Å². The lowest BCUT2D eigenvalue weighted by molar-refractivity contribution is -0.142. The highest BCUT2D eigenvalue weighted by Gasteiger charge is 2.46. The van der Waals surface area contributed by atoms with Crippen LogP contribution in [0.4, 0.5) is 4.79 Å². The molecule has 10 heteroatoms. The van der Waals surface area contributed by atoms with Gasteiger partial charge in [0, 0.05) is 32.4 Å². The molecule has 32 heavy (non-hydrogen) atoms. The van der Waals surface area contributed by atoms with E-state index >= 15 is 0 Å². The van der Waals surface area contributed by atoms with Gasteiger partial charge in [0.25, 0.3) is 5.91 Å². The Bertz CT molecular complexity index is 874. The number of fused-ring (bicyclic) bond motifs is 2. The Labute approximate surface area is 185 Å². The highest BCUT2D eigenvalue weighted by Crippen LogP contribution is 2.30. The summed E-state index contributed by atoms with van der Waals surface area (Å²) in [4.78, 5) is 62.3. The fourth-order valence-electron chi connectivity index (χ4n) is 4.12. The quantitative estimate of drug-likeness (QED) is 0.339. The van der Waals surface area contributed by atoms with Gasteiger partial charge in [-0.3, -0.25) is 19.3 Å². The Morgan fingerprint density at radius 1 is 1.09 bits per heavy atom. The molecule has 1 aromatic rings. The fraction of sp³-hybridized carbons (Fsp3) is 0.500. The van der Waals surface area contributed by atoms with E-state index in [4.69, 9.17) is 10.8 Å². The molecule has 0 spiro atoms. The lowest BCUT2D eigenvalue weighted by atomic mass is 9.95. The number of aliphatic carboxylic acids is 1. The van der Waals surface area contributed by atoms with Crippen LogP contribution in [-0.2, 0) is 32.1 Å². The minimum Gasteiger partial charge on any atom is -0.480 e. The van der Waals surface area contributed by atoms with Gasteiger partial charge in [0.05, 0.1) is 0 Å². The standard InChI is InChI=1S/C22H28N4O6/c23-18(27)10-9-16(21(30)31)24-19(28)8-2-1-5-11-25-20(29)17-12-14-6-3-4-7-15(14)13-26(17)22(25)32/h3-4,6-7,16-17H,1-2,5,8-13H2,(H2,23,27)(H,24,28)(H,30,31)/t16-,17+/m1/s1. The van der Waals surface area contributed by atoms with Crippen molar-refractivity contribution >= 4 is 29.7 Å². The van der Waals surface area contributed by atoms with Gasteiger partial charge >= 0.3 is 12.0 Å². The smallest absolute Gasteiger partial charge is 0.327 e. The molecule has 2 aliphatic rings. The Hall–Kier alpha value is -3.43. The first-order valence-corrected chi connectivity index (χ1v) is 10.8. The van der Waals surface area contributed by atoms with Crippen LogP contribution in [0.15, 0.2) is 24.3 Å². The molecule has 0 aromatic heterocycles. The van der Waals surface area contributed by atoms with Gasteiger partial charge in [-0.15, -0.1) is 0 Å². The topological polar surface area (TPSA) is 150 Å². The Morgan fingerprint density at radius 2 is 1.81 bits per heavy atom. The molecule has 0 aliphatic carbocycles. The van der Waals surface area contributed by atoms with E-state index in [1.54, 1.807) is 4.90 Å². The average Bonchev–Trinajstić information content (AvgIpc) is 2.98. The number of primary amides is 1. The van der Waals surface area contributed by atoms with Gasteiger partial charge in [0.15, 0.2) is 0 Å². The van der Waals surface area contributed by atoms with E-state index in [1.165, 1.54) is 4.90 Å². The Morgan fingerprint density at radius 3 is 2.50 bits per heavy atom. The number of carboxylic acids is 1. The molecule has 2 heterocycles. The summed E-state index contributed by atoms with van der Waals surface area (Å²) in [5, 5.41) is 11.5. The number of imide groups is 1. The van der Waals surface area contributed by atoms with E-state index in [2.05, 4.69) is 5.32 Å². The molecule has 0 unspecified atom stereocenters. The number of rotatable bonds is 11.